The van der Waals surface area contributed by atoms with E-state index >= 15 is 0 Å². The fraction of sp³-hybridized carbons (Fsp3) is 0.591. The summed E-state index contributed by atoms with van der Waals surface area (Å²) in [7, 11) is 0. The molecule has 2 fully saturated rings. The number of fused-ring (bicyclic) bond motifs is 1. The standard InChI is InChI=1S/C22H31N5O2S/c1-16-6-2-3-7-17(16)24-22(29)25-20(28)14-26-10-12-27(13-11-26)15-21-23-18-8-4-5-9-19(18)30-21/h4-5,8-9,16-17H,2-3,6-7,10-15H2,1H3,(H2,24,25,28,29)/t16-,17-/m1/s1. The Labute approximate surface area is 181 Å². The Morgan fingerprint density at radius 1 is 1.10 bits per heavy atom. The number of hydrogen-bond donors (Lipinski definition) is 2. The number of aromatic nitrogens is 1. The molecule has 2 N–H and O–H groups in total. The van der Waals surface area contributed by atoms with Crippen LogP contribution in [0.15, 0.2) is 24.3 Å². The summed E-state index contributed by atoms with van der Waals surface area (Å²) in [4.78, 5) is 33.6. The molecular weight excluding hydrogens is 398 g/mol. The van der Waals surface area contributed by atoms with E-state index in [2.05, 4.69) is 39.5 Å². The lowest BCUT2D eigenvalue weighted by Gasteiger charge is -2.33. The highest BCUT2D eigenvalue weighted by atomic mass is 32.1. The smallest absolute Gasteiger partial charge is 0.321 e. The molecule has 3 amide bonds. The molecule has 0 bridgehead atoms. The van der Waals surface area contributed by atoms with Crippen molar-refractivity contribution in [2.75, 3.05) is 32.7 Å². The minimum atomic E-state index is -0.353. The van der Waals surface area contributed by atoms with Crippen LogP contribution in [0.3, 0.4) is 0 Å². The fourth-order valence-corrected chi connectivity index (χ4v) is 5.40. The SMILES string of the molecule is C[C@@H]1CCCC[C@H]1NC(=O)NC(=O)CN1CCN(Cc2nc3ccccc3s2)CC1. The van der Waals surface area contributed by atoms with Crippen molar-refractivity contribution in [2.24, 2.45) is 5.92 Å². The maximum absolute atomic E-state index is 12.3. The Balaban J connectivity index is 1.17. The highest BCUT2D eigenvalue weighted by molar-refractivity contribution is 7.18. The van der Waals surface area contributed by atoms with Crippen molar-refractivity contribution >= 4 is 33.5 Å². The van der Waals surface area contributed by atoms with Crippen LogP contribution >= 0.6 is 11.3 Å². The summed E-state index contributed by atoms with van der Waals surface area (Å²) >= 11 is 1.75. The first-order valence-corrected chi connectivity index (χ1v) is 11.8. The summed E-state index contributed by atoms with van der Waals surface area (Å²) < 4.78 is 1.23. The van der Waals surface area contributed by atoms with Gasteiger partial charge in [-0.2, -0.15) is 0 Å². The lowest BCUT2D eigenvalue weighted by molar-refractivity contribution is -0.121. The van der Waals surface area contributed by atoms with Crippen molar-refractivity contribution in [2.45, 2.75) is 45.2 Å². The first kappa shape index (κ1) is 21.2. The Hall–Kier alpha value is -2.03. The maximum Gasteiger partial charge on any atom is 0.321 e. The summed E-state index contributed by atoms with van der Waals surface area (Å²) in [6.45, 7) is 6.72. The number of carbonyl (C=O) groups excluding carboxylic acids is 2. The third-order valence-electron chi connectivity index (χ3n) is 6.21. The fourth-order valence-electron chi connectivity index (χ4n) is 4.39. The van der Waals surface area contributed by atoms with Gasteiger partial charge < -0.3 is 5.32 Å². The molecule has 2 heterocycles. The predicted molar refractivity (Wildman–Crippen MR) is 119 cm³/mol. The topological polar surface area (TPSA) is 77.6 Å². The monoisotopic (exact) mass is 429 g/mol. The molecule has 2 atom stereocenters. The van der Waals surface area contributed by atoms with Crippen LogP contribution in [0.4, 0.5) is 4.79 Å². The molecule has 0 spiro atoms. The normalized spacial score (nSPS) is 23.4. The molecule has 7 nitrogen and oxygen atoms in total. The van der Waals surface area contributed by atoms with Crippen molar-refractivity contribution in [3.63, 3.8) is 0 Å². The second-order valence-electron chi connectivity index (χ2n) is 8.52. The van der Waals surface area contributed by atoms with Gasteiger partial charge >= 0.3 is 6.03 Å². The number of nitrogens with one attached hydrogen (secondary N) is 2. The number of amides is 3. The average Bonchev–Trinajstić information content (AvgIpc) is 3.13. The van der Waals surface area contributed by atoms with E-state index in [-0.39, 0.29) is 24.5 Å². The second kappa shape index (κ2) is 9.85. The van der Waals surface area contributed by atoms with Gasteiger partial charge in [-0.3, -0.25) is 19.9 Å². The zero-order valence-electron chi connectivity index (χ0n) is 17.6. The van der Waals surface area contributed by atoms with Crippen LogP contribution in [0.5, 0.6) is 0 Å². The van der Waals surface area contributed by atoms with Crippen LogP contribution in [0.25, 0.3) is 10.2 Å². The van der Waals surface area contributed by atoms with Gasteiger partial charge in [0.05, 0.1) is 23.3 Å². The van der Waals surface area contributed by atoms with E-state index < -0.39 is 0 Å². The molecule has 0 radical (unpaired) electrons. The van der Waals surface area contributed by atoms with Gasteiger partial charge in [0.15, 0.2) is 0 Å². The molecule has 2 aliphatic rings. The number of thiazole rings is 1. The zero-order chi connectivity index (χ0) is 20.9. The lowest BCUT2D eigenvalue weighted by Crippen LogP contribution is -2.52. The number of urea groups is 1. The Bertz CT molecular complexity index is 844. The molecule has 1 aliphatic carbocycles. The number of rotatable bonds is 5. The quantitative estimate of drug-likeness (QED) is 0.764. The second-order valence-corrected chi connectivity index (χ2v) is 9.63. The van der Waals surface area contributed by atoms with Gasteiger partial charge in [-0.15, -0.1) is 11.3 Å². The van der Waals surface area contributed by atoms with Gasteiger partial charge in [0.2, 0.25) is 5.91 Å². The van der Waals surface area contributed by atoms with Gasteiger partial charge in [-0.25, -0.2) is 9.78 Å². The molecular formula is C22H31N5O2S. The third kappa shape index (κ3) is 5.56. The van der Waals surface area contributed by atoms with Crippen molar-refractivity contribution in [3.8, 4) is 0 Å². The van der Waals surface area contributed by atoms with Crippen molar-refractivity contribution in [1.82, 2.24) is 25.4 Å². The number of nitrogens with zero attached hydrogens (tertiary/aromatic N) is 3. The Morgan fingerprint density at radius 3 is 2.60 bits per heavy atom. The summed E-state index contributed by atoms with van der Waals surface area (Å²) in [6.07, 6.45) is 4.51. The minimum Gasteiger partial charge on any atom is -0.335 e. The summed E-state index contributed by atoms with van der Waals surface area (Å²) in [6, 6.07) is 8.05. The number of para-hydroxylation sites is 1. The molecule has 8 heteroatoms. The number of benzene rings is 1. The van der Waals surface area contributed by atoms with E-state index in [1.54, 1.807) is 11.3 Å². The molecule has 0 unspecified atom stereocenters. The largest absolute Gasteiger partial charge is 0.335 e. The number of hydrogen-bond acceptors (Lipinski definition) is 6. The molecule has 4 rings (SSSR count). The Morgan fingerprint density at radius 2 is 1.83 bits per heavy atom. The number of carbonyl (C=O) groups is 2. The van der Waals surface area contributed by atoms with E-state index in [1.165, 1.54) is 11.1 Å². The molecule has 162 valence electrons. The van der Waals surface area contributed by atoms with E-state index in [1.807, 2.05) is 12.1 Å². The summed E-state index contributed by atoms with van der Waals surface area (Å²) in [5.41, 5.74) is 1.06. The first-order valence-electron chi connectivity index (χ1n) is 11.0. The zero-order valence-corrected chi connectivity index (χ0v) is 18.4. The summed E-state index contributed by atoms with van der Waals surface area (Å²) in [5.74, 6) is 0.249. The van der Waals surface area contributed by atoms with Gasteiger partial charge in [0, 0.05) is 32.2 Å². The molecule has 1 aliphatic heterocycles. The van der Waals surface area contributed by atoms with Crippen molar-refractivity contribution in [1.29, 1.82) is 0 Å². The molecule has 30 heavy (non-hydrogen) atoms. The van der Waals surface area contributed by atoms with Crippen LogP contribution in [0.2, 0.25) is 0 Å². The highest BCUT2D eigenvalue weighted by Crippen LogP contribution is 2.24. The molecule has 2 aromatic rings. The van der Waals surface area contributed by atoms with Crippen molar-refractivity contribution in [3.05, 3.63) is 29.3 Å². The van der Waals surface area contributed by atoms with Gasteiger partial charge in [0.25, 0.3) is 0 Å². The Kier molecular flexibility index (Phi) is 6.97. The average molecular weight is 430 g/mol. The molecule has 1 aromatic carbocycles. The van der Waals surface area contributed by atoms with Crippen LogP contribution in [-0.2, 0) is 11.3 Å². The van der Waals surface area contributed by atoms with E-state index in [0.29, 0.717) is 5.92 Å². The van der Waals surface area contributed by atoms with Gasteiger partial charge in [-0.1, -0.05) is 31.9 Å². The van der Waals surface area contributed by atoms with Gasteiger partial charge in [0.1, 0.15) is 5.01 Å². The van der Waals surface area contributed by atoms with E-state index in [9.17, 15) is 9.59 Å². The van der Waals surface area contributed by atoms with Gasteiger partial charge in [-0.05, 0) is 30.9 Å². The first-order chi connectivity index (χ1) is 14.6. The van der Waals surface area contributed by atoms with Crippen LogP contribution in [-0.4, -0.2) is 65.5 Å². The number of piperazine rings is 1. The van der Waals surface area contributed by atoms with E-state index in [4.69, 9.17) is 4.98 Å². The minimum absolute atomic E-state index is 0.178. The summed E-state index contributed by atoms with van der Waals surface area (Å²) in [5, 5.41) is 6.62. The lowest BCUT2D eigenvalue weighted by atomic mass is 9.86. The van der Waals surface area contributed by atoms with E-state index in [0.717, 1.165) is 62.5 Å². The van der Waals surface area contributed by atoms with Crippen LogP contribution < -0.4 is 10.6 Å². The number of imide groups is 1. The molecule has 1 aromatic heterocycles. The predicted octanol–water partition coefficient (Wildman–Crippen LogP) is 2.82. The molecule has 1 saturated heterocycles. The van der Waals surface area contributed by atoms with Crippen LogP contribution in [0.1, 0.15) is 37.6 Å². The van der Waals surface area contributed by atoms with Crippen molar-refractivity contribution < 1.29 is 9.59 Å². The van der Waals surface area contributed by atoms with Crippen LogP contribution in [0, 0.1) is 5.92 Å². The maximum atomic E-state index is 12.3. The molecule has 1 saturated carbocycles. The highest BCUT2D eigenvalue weighted by Gasteiger charge is 2.24. The third-order valence-corrected chi connectivity index (χ3v) is 7.23.